The molecular weight excluding hydrogens is 239 g/mol. The molecule has 1 N–H and O–H groups in total. The molecule has 1 saturated heterocycles. The van der Waals surface area contributed by atoms with Gasteiger partial charge in [-0.2, -0.15) is 0 Å². The molecule has 1 atom stereocenters. The molecule has 0 spiro atoms. The van der Waals surface area contributed by atoms with E-state index in [0.29, 0.717) is 6.04 Å². The number of nitrogens with zero attached hydrogens (tertiary/aromatic N) is 1. The number of rotatable bonds is 3. The van der Waals surface area contributed by atoms with Crippen molar-refractivity contribution in [2.75, 3.05) is 20.1 Å². The number of halogens is 2. The molecular formula is C13H20ClFN2. The van der Waals surface area contributed by atoms with E-state index in [9.17, 15) is 4.39 Å². The molecule has 1 aliphatic heterocycles. The molecule has 1 fully saturated rings. The maximum Gasteiger partial charge on any atom is 0.127 e. The summed E-state index contributed by atoms with van der Waals surface area (Å²) in [7, 11) is 2.00. The van der Waals surface area contributed by atoms with Gasteiger partial charge in [0.15, 0.2) is 0 Å². The molecule has 1 aromatic rings. The molecule has 1 unspecified atom stereocenters. The standard InChI is InChI=1S/C13H19FN2.ClH/c1-15-12-6-4-8-16(10-12)9-11-5-2-3-7-13(11)14;/h2-3,5,7,12,15H,4,6,8-10H2,1H3;1H. The first-order valence-corrected chi connectivity index (χ1v) is 5.92. The Balaban J connectivity index is 0.00000144. The van der Waals surface area contributed by atoms with Crippen LogP contribution in [-0.4, -0.2) is 31.1 Å². The largest absolute Gasteiger partial charge is 0.316 e. The highest BCUT2D eigenvalue weighted by Crippen LogP contribution is 2.15. The zero-order valence-electron chi connectivity index (χ0n) is 10.2. The van der Waals surface area contributed by atoms with Crippen LogP contribution in [-0.2, 0) is 6.54 Å². The normalized spacial score (nSPS) is 20.9. The Morgan fingerprint density at radius 3 is 2.88 bits per heavy atom. The summed E-state index contributed by atoms with van der Waals surface area (Å²) in [6, 6.07) is 7.61. The topological polar surface area (TPSA) is 15.3 Å². The second kappa shape index (κ2) is 6.94. The van der Waals surface area contributed by atoms with Gasteiger partial charge in [-0.1, -0.05) is 18.2 Å². The second-order valence-electron chi connectivity index (χ2n) is 4.45. The van der Waals surface area contributed by atoms with Gasteiger partial charge in [-0.3, -0.25) is 4.90 Å². The number of hydrogen-bond acceptors (Lipinski definition) is 2. The van der Waals surface area contributed by atoms with Crippen molar-refractivity contribution in [1.29, 1.82) is 0 Å². The maximum atomic E-state index is 13.5. The average Bonchev–Trinajstić information content (AvgIpc) is 2.32. The van der Waals surface area contributed by atoms with Gasteiger partial charge in [0.05, 0.1) is 0 Å². The van der Waals surface area contributed by atoms with Crippen LogP contribution in [0.5, 0.6) is 0 Å². The molecule has 0 aliphatic carbocycles. The van der Waals surface area contributed by atoms with E-state index in [1.807, 2.05) is 19.2 Å². The molecule has 4 heteroatoms. The van der Waals surface area contributed by atoms with Crippen LogP contribution < -0.4 is 5.32 Å². The number of hydrogen-bond donors (Lipinski definition) is 1. The molecule has 2 nitrogen and oxygen atoms in total. The van der Waals surface area contributed by atoms with Crippen LogP contribution in [0.2, 0.25) is 0 Å². The smallest absolute Gasteiger partial charge is 0.127 e. The van der Waals surface area contributed by atoms with Crippen molar-refractivity contribution in [3.8, 4) is 0 Å². The minimum Gasteiger partial charge on any atom is -0.316 e. The van der Waals surface area contributed by atoms with Crippen LogP contribution in [0.4, 0.5) is 4.39 Å². The van der Waals surface area contributed by atoms with Gasteiger partial charge in [-0.05, 0) is 32.5 Å². The highest BCUT2D eigenvalue weighted by atomic mass is 35.5. The lowest BCUT2D eigenvalue weighted by molar-refractivity contribution is 0.186. The van der Waals surface area contributed by atoms with E-state index < -0.39 is 0 Å². The monoisotopic (exact) mass is 258 g/mol. The van der Waals surface area contributed by atoms with Gasteiger partial charge in [-0.15, -0.1) is 12.4 Å². The Morgan fingerprint density at radius 1 is 1.41 bits per heavy atom. The molecule has 17 heavy (non-hydrogen) atoms. The third-order valence-corrected chi connectivity index (χ3v) is 3.27. The SMILES string of the molecule is CNC1CCCN(Cc2ccccc2F)C1.Cl. The van der Waals surface area contributed by atoms with E-state index >= 15 is 0 Å². The molecule has 96 valence electrons. The first-order valence-electron chi connectivity index (χ1n) is 5.92. The molecule has 1 aromatic carbocycles. The number of nitrogens with one attached hydrogen (secondary N) is 1. The predicted molar refractivity (Wildman–Crippen MR) is 71.0 cm³/mol. The van der Waals surface area contributed by atoms with Gasteiger partial charge in [0, 0.05) is 24.7 Å². The van der Waals surface area contributed by atoms with E-state index in [0.717, 1.165) is 25.2 Å². The lowest BCUT2D eigenvalue weighted by Crippen LogP contribution is -2.43. The van der Waals surface area contributed by atoms with Crippen LogP contribution >= 0.6 is 12.4 Å². The molecule has 0 radical (unpaired) electrons. The summed E-state index contributed by atoms with van der Waals surface area (Å²) in [5.41, 5.74) is 0.805. The Hall–Kier alpha value is -0.640. The quantitative estimate of drug-likeness (QED) is 0.896. The Morgan fingerprint density at radius 2 is 2.18 bits per heavy atom. The minimum atomic E-state index is -0.0888. The van der Waals surface area contributed by atoms with Crippen molar-refractivity contribution in [3.63, 3.8) is 0 Å². The van der Waals surface area contributed by atoms with E-state index in [2.05, 4.69) is 10.2 Å². The van der Waals surface area contributed by atoms with Crippen LogP contribution in [0, 0.1) is 5.82 Å². The van der Waals surface area contributed by atoms with Crippen LogP contribution in [0.1, 0.15) is 18.4 Å². The zero-order chi connectivity index (χ0) is 11.4. The number of piperidine rings is 1. The van der Waals surface area contributed by atoms with Crippen molar-refractivity contribution in [2.24, 2.45) is 0 Å². The highest BCUT2D eigenvalue weighted by molar-refractivity contribution is 5.85. The molecule has 0 amide bonds. The van der Waals surface area contributed by atoms with Gasteiger partial charge in [0.25, 0.3) is 0 Å². The summed E-state index contributed by atoms with van der Waals surface area (Å²) >= 11 is 0. The minimum absolute atomic E-state index is 0. The molecule has 2 rings (SSSR count). The summed E-state index contributed by atoms with van der Waals surface area (Å²) in [6.45, 7) is 2.82. The fourth-order valence-corrected chi connectivity index (χ4v) is 2.30. The Bertz CT molecular complexity index is 346. The third kappa shape index (κ3) is 3.95. The Labute approximate surface area is 109 Å². The second-order valence-corrected chi connectivity index (χ2v) is 4.45. The lowest BCUT2D eigenvalue weighted by Gasteiger charge is -2.32. The number of benzene rings is 1. The molecule has 0 bridgehead atoms. The Kier molecular flexibility index (Phi) is 5.89. The summed E-state index contributed by atoms with van der Waals surface area (Å²) in [5.74, 6) is -0.0888. The predicted octanol–water partition coefficient (Wildman–Crippen LogP) is 2.43. The molecule has 1 heterocycles. The van der Waals surface area contributed by atoms with Gasteiger partial charge >= 0.3 is 0 Å². The van der Waals surface area contributed by atoms with Gasteiger partial charge in [-0.25, -0.2) is 4.39 Å². The van der Waals surface area contributed by atoms with Crippen molar-refractivity contribution >= 4 is 12.4 Å². The van der Waals surface area contributed by atoms with Crippen molar-refractivity contribution < 1.29 is 4.39 Å². The van der Waals surface area contributed by atoms with Crippen molar-refractivity contribution in [2.45, 2.75) is 25.4 Å². The summed E-state index contributed by atoms with van der Waals surface area (Å²) < 4.78 is 13.5. The summed E-state index contributed by atoms with van der Waals surface area (Å²) in [6.07, 6.45) is 2.42. The van der Waals surface area contributed by atoms with E-state index in [4.69, 9.17) is 0 Å². The van der Waals surface area contributed by atoms with Gasteiger partial charge in [0.1, 0.15) is 5.82 Å². The van der Waals surface area contributed by atoms with E-state index in [1.165, 1.54) is 18.9 Å². The third-order valence-electron chi connectivity index (χ3n) is 3.27. The van der Waals surface area contributed by atoms with Crippen molar-refractivity contribution in [1.82, 2.24) is 10.2 Å². The van der Waals surface area contributed by atoms with Gasteiger partial charge in [0.2, 0.25) is 0 Å². The van der Waals surface area contributed by atoms with Crippen molar-refractivity contribution in [3.05, 3.63) is 35.6 Å². The summed E-state index contributed by atoms with van der Waals surface area (Å²) in [5, 5.41) is 3.30. The van der Waals surface area contributed by atoms with Crippen LogP contribution in [0.15, 0.2) is 24.3 Å². The first kappa shape index (κ1) is 14.4. The fourth-order valence-electron chi connectivity index (χ4n) is 2.30. The van der Waals surface area contributed by atoms with Crippen LogP contribution in [0.3, 0.4) is 0 Å². The van der Waals surface area contributed by atoms with E-state index in [-0.39, 0.29) is 18.2 Å². The summed E-state index contributed by atoms with van der Waals surface area (Å²) in [4.78, 5) is 2.32. The average molecular weight is 259 g/mol. The lowest BCUT2D eigenvalue weighted by atomic mass is 10.0. The molecule has 0 saturated carbocycles. The van der Waals surface area contributed by atoms with E-state index in [1.54, 1.807) is 6.07 Å². The first-order chi connectivity index (χ1) is 7.79. The molecule has 0 aromatic heterocycles. The highest BCUT2D eigenvalue weighted by Gasteiger charge is 2.18. The maximum absolute atomic E-state index is 13.5. The number of likely N-dealkylation sites (N-methyl/N-ethyl adjacent to an activating group) is 1. The zero-order valence-corrected chi connectivity index (χ0v) is 11.0. The molecule has 1 aliphatic rings. The van der Waals surface area contributed by atoms with Gasteiger partial charge < -0.3 is 5.32 Å². The van der Waals surface area contributed by atoms with Crippen LogP contribution in [0.25, 0.3) is 0 Å². The number of likely N-dealkylation sites (tertiary alicyclic amines) is 1. The fraction of sp³-hybridized carbons (Fsp3) is 0.538.